The van der Waals surface area contributed by atoms with Gasteiger partial charge in [0.1, 0.15) is 0 Å². The molecule has 4 N–H and O–H groups in total. The number of nitrogens with two attached hydrogens (primary N) is 1. The molecule has 16 heavy (non-hydrogen) atoms. The molecule has 1 aliphatic heterocycles. The summed E-state index contributed by atoms with van der Waals surface area (Å²) in [5.41, 5.74) is 2.04. The number of rotatable bonds is 3. The Kier molecular flexibility index (Phi) is 3.97. The third-order valence-electron chi connectivity index (χ3n) is 2.70. The Balaban J connectivity index is 2.86. The van der Waals surface area contributed by atoms with Gasteiger partial charge in [0.05, 0.1) is 18.6 Å². The lowest BCUT2D eigenvalue weighted by Gasteiger charge is -2.36. The van der Waals surface area contributed by atoms with Crippen LogP contribution in [0.3, 0.4) is 0 Å². The lowest BCUT2D eigenvalue weighted by atomic mass is 10.1. The third kappa shape index (κ3) is 2.37. The molecule has 0 radical (unpaired) electrons. The highest BCUT2D eigenvalue weighted by Crippen LogP contribution is 2.12. The predicted molar refractivity (Wildman–Crippen MR) is 55.7 cm³/mol. The van der Waals surface area contributed by atoms with E-state index in [0.29, 0.717) is 6.42 Å². The number of hydrogen-bond donors (Lipinski definition) is 3. The molecular weight excluding hydrogens is 212 g/mol. The lowest BCUT2D eigenvalue weighted by Crippen LogP contribution is -2.62. The van der Waals surface area contributed by atoms with E-state index < -0.39 is 23.9 Å². The predicted octanol–water partition coefficient (Wildman–Crippen LogP) is -1.90. The average molecular weight is 228 g/mol. The van der Waals surface area contributed by atoms with Gasteiger partial charge in [-0.3, -0.25) is 30.0 Å². The molecule has 3 amide bonds. The summed E-state index contributed by atoms with van der Waals surface area (Å²) >= 11 is 0. The molecule has 0 bridgehead atoms. The standard InChI is InChI=1S/C9H16N4O3/c1-3-6(9(16)12-10)13-4-7(14)11-8(15)5(13)2/h5-6H,3-4,10H2,1-2H3,(H,12,16)(H,11,14,15). The number of carbonyl (C=O) groups is 3. The van der Waals surface area contributed by atoms with Gasteiger partial charge < -0.3 is 0 Å². The van der Waals surface area contributed by atoms with Crippen LogP contribution >= 0.6 is 0 Å². The Bertz CT molecular complexity index is 318. The second-order valence-corrected chi connectivity index (χ2v) is 3.69. The molecule has 0 aromatic carbocycles. The van der Waals surface area contributed by atoms with Gasteiger partial charge in [-0.05, 0) is 13.3 Å². The third-order valence-corrected chi connectivity index (χ3v) is 2.70. The largest absolute Gasteiger partial charge is 0.294 e. The Morgan fingerprint density at radius 3 is 2.81 bits per heavy atom. The van der Waals surface area contributed by atoms with Crippen LogP contribution in [0.15, 0.2) is 0 Å². The fraction of sp³-hybridized carbons (Fsp3) is 0.667. The van der Waals surface area contributed by atoms with Gasteiger partial charge in [-0.1, -0.05) is 6.92 Å². The highest BCUT2D eigenvalue weighted by atomic mass is 16.2. The molecule has 0 aromatic heterocycles. The molecule has 0 aliphatic carbocycles. The summed E-state index contributed by atoms with van der Waals surface area (Å²) in [6, 6.07) is -1.07. The maximum atomic E-state index is 11.5. The summed E-state index contributed by atoms with van der Waals surface area (Å²) < 4.78 is 0. The second-order valence-electron chi connectivity index (χ2n) is 3.69. The van der Waals surface area contributed by atoms with Gasteiger partial charge in [-0.25, -0.2) is 5.84 Å². The molecule has 0 saturated carbocycles. The smallest absolute Gasteiger partial charge is 0.251 e. The van der Waals surface area contributed by atoms with Crippen molar-refractivity contribution in [3.63, 3.8) is 0 Å². The van der Waals surface area contributed by atoms with Crippen LogP contribution in [0.25, 0.3) is 0 Å². The molecule has 1 aliphatic rings. The van der Waals surface area contributed by atoms with Crippen LogP contribution in [0, 0.1) is 0 Å². The molecule has 0 aromatic rings. The van der Waals surface area contributed by atoms with Crippen molar-refractivity contribution in [2.45, 2.75) is 32.4 Å². The number of imide groups is 1. The highest BCUT2D eigenvalue weighted by Gasteiger charge is 2.36. The normalized spacial score (nSPS) is 23.8. The zero-order valence-electron chi connectivity index (χ0n) is 9.32. The van der Waals surface area contributed by atoms with Crippen molar-refractivity contribution >= 4 is 17.7 Å². The van der Waals surface area contributed by atoms with Crippen molar-refractivity contribution in [1.29, 1.82) is 0 Å². The number of hydrogen-bond acceptors (Lipinski definition) is 5. The topological polar surface area (TPSA) is 105 Å². The molecule has 90 valence electrons. The maximum absolute atomic E-state index is 11.5. The molecule has 2 atom stereocenters. The van der Waals surface area contributed by atoms with Crippen molar-refractivity contribution in [3.8, 4) is 0 Å². The van der Waals surface area contributed by atoms with Gasteiger partial charge in [0.25, 0.3) is 5.91 Å². The summed E-state index contributed by atoms with van der Waals surface area (Å²) in [7, 11) is 0. The average Bonchev–Trinajstić information content (AvgIpc) is 2.25. The minimum atomic E-state index is -0.560. The number of piperazine rings is 1. The van der Waals surface area contributed by atoms with Crippen LogP contribution in [0.2, 0.25) is 0 Å². The Morgan fingerprint density at radius 1 is 1.69 bits per heavy atom. The van der Waals surface area contributed by atoms with E-state index in [2.05, 4.69) is 5.32 Å². The Labute approximate surface area is 93.3 Å². The van der Waals surface area contributed by atoms with Crippen LogP contribution in [0.1, 0.15) is 20.3 Å². The minimum absolute atomic E-state index is 0.0266. The summed E-state index contributed by atoms with van der Waals surface area (Å²) in [4.78, 5) is 35.7. The number of amides is 3. The van der Waals surface area contributed by atoms with Gasteiger partial charge in [-0.2, -0.15) is 0 Å². The first kappa shape index (κ1) is 12.6. The monoisotopic (exact) mass is 228 g/mol. The number of nitrogens with one attached hydrogen (secondary N) is 2. The van der Waals surface area contributed by atoms with E-state index in [0.717, 1.165) is 0 Å². The van der Waals surface area contributed by atoms with Gasteiger partial charge in [0.2, 0.25) is 11.8 Å². The molecule has 2 unspecified atom stereocenters. The summed E-state index contributed by atoms with van der Waals surface area (Å²) in [6.45, 7) is 3.47. The van der Waals surface area contributed by atoms with Gasteiger partial charge >= 0.3 is 0 Å². The van der Waals surface area contributed by atoms with Gasteiger partial charge in [-0.15, -0.1) is 0 Å². The highest BCUT2D eigenvalue weighted by molar-refractivity contribution is 6.01. The molecule has 7 heteroatoms. The van der Waals surface area contributed by atoms with E-state index >= 15 is 0 Å². The molecule has 1 fully saturated rings. The van der Waals surface area contributed by atoms with E-state index in [9.17, 15) is 14.4 Å². The SMILES string of the molecule is CCC(C(=O)NN)N1CC(=O)NC(=O)C1C. The van der Waals surface area contributed by atoms with Crippen LogP contribution < -0.4 is 16.6 Å². The molecule has 1 heterocycles. The van der Waals surface area contributed by atoms with Crippen molar-refractivity contribution < 1.29 is 14.4 Å². The molecule has 7 nitrogen and oxygen atoms in total. The van der Waals surface area contributed by atoms with E-state index in [1.165, 1.54) is 0 Å². The quantitative estimate of drug-likeness (QED) is 0.226. The van der Waals surface area contributed by atoms with Crippen LogP contribution in [-0.2, 0) is 14.4 Å². The lowest BCUT2D eigenvalue weighted by molar-refractivity contribution is -0.143. The molecule has 1 rings (SSSR count). The van der Waals surface area contributed by atoms with E-state index in [-0.39, 0.29) is 12.5 Å². The zero-order chi connectivity index (χ0) is 12.3. The van der Waals surface area contributed by atoms with Gasteiger partial charge in [0.15, 0.2) is 0 Å². The van der Waals surface area contributed by atoms with Gasteiger partial charge in [0, 0.05) is 0 Å². The second kappa shape index (κ2) is 5.04. The zero-order valence-corrected chi connectivity index (χ0v) is 9.32. The Hall–Kier alpha value is -1.47. The van der Waals surface area contributed by atoms with Crippen LogP contribution in [0.4, 0.5) is 0 Å². The number of carbonyl (C=O) groups excluding carboxylic acids is 3. The summed E-state index contributed by atoms with van der Waals surface area (Å²) in [5.74, 6) is 3.88. The fourth-order valence-corrected chi connectivity index (χ4v) is 1.78. The summed E-state index contributed by atoms with van der Waals surface area (Å²) in [5, 5.41) is 2.21. The van der Waals surface area contributed by atoms with E-state index in [4.69, 9.17) is 5.84 Å². The Morgan fingerprint density at radius 2 is 2.31 bits per heavy atom. The first-order valence-electron chi connectivity index (χ1n) is 5.11. The van der Waals surface area contributed by atoms with Crippen molar-refractivity contribution in [1.82, 2.24) is 15.6 Å². The number of hydrazine groups is 1. The van der Waals surface area contributed by atoms with Crippen molar-refractivity contribution in [2.24, 2.45) is 5.84 Å². The van der Waals surface area contributed by atoms with Crippen LogP contribution in [0.5, 0.6) is 0 Å². The first-order valence-corrected chi connectivity index (χ1v) is 5.11. The first-order chi connectivity index (χ1) is 7.51. The summed E-state index contributed by atoms with van der Waals surface area (Å²) in [6.07, 6.45) is 0.480. The fourth-order valence-electron chi connectivity index (χ4n) is 1.78. The number of nitrogens with zero attached hydrogens (tertiary/aromatic N) is 1. The van der Waals surface area contributed by atoms with Crippen molar-refractivity contribution in [2.75, 3.05) is 6.54 Å². The molecule has 0 spiro atoms. The molecule has 1 saturated heterocycles. The van der Waals surface area contributed by atoms with E-state index in [1.54, 1.807) is 18.7 Å². The van der Waals surface area contributed by atoms with Crippen molar-refractivity contribution in [3.05, 3.63) is 0 Å². The van der Waals surface area contributed by atoms with E-state index in [1.807, 2.05) is 5.43 Å². The molecular formula is C9H16N4O3. The minimum Gasteiger partial charge on any atom is -0.294 e. The maximum Gasteiger partial charge on any atom is 0.251 e. The van der Waals surface area contributed by atoms with Crippen LogP contribution in [-0.4, -0.2) is 41.2 Å².